The minimum atomic E-state index is -5.84. The van der Waals surface area contributed by atoms with Gasteiger partial charge in [-0.05, 0) is 12.1 Å². The molecule has 1 atom stereocenters. The topological polar surface area (TPSA) is 98.8 Å². The van der Waals surface area contributed by atoms with Crippen LogP contribution in [0, 0.1) is 5.92 Å². The average Bonchev–Trinajstić information content (AvgIpc) is 2.80. The van der Waals surface area contributed by atoms with Crippen LogP contribution < -0.4 is 20.4 Å². The van der Waals surface area contributed by atoms with Gasteiger partial charge in [-0.1, -0.05) is 12.1 Å². The third-order valence-corrected chi connectivity index (χ3v) is 4.57. The number of halogens is 5. The van der Waals surface area contributed by atoms with E-state index in [9.17, 15) is 41.1 Å². The number of amides is 4. The number of para-hydroxylation sites is 2. The molecule has 1 aliphatic heterocycles. The predicted octanol–water partition coefficient (Wildman–Crippen LogP) is 1.06. The van der Waals surface area contributed by atoms with E-state index in [4.69, 9.17) is 0 Å². The Labute approximate surface area is 173 Å². The number of carbonyl (C=O) groups is 4. The molecule has 170 valence electrons. The van der Waals surface area contributed by atoms with Crippen LogP contribution in [0.25, 0.3) is 0 Å². The van der Waals surface area contributed by atoms with Crippen molar-refractivity contribution in [2.75, 3.05) is 36.5 Å². The second kappa shape index (κ2) is 9.27. The third kappa shape index (κ3) is 5.67. The second-order valence-electron chi connectivity index (χ2n) is 6.80. The van der Waals surface area contributed by atoms with Gasteiger partial charge in [0.15, 0.2) is 0 Å². The van der Waals surface area contributed by atoms with E-state index in [-0.39, 0.29) is 13.1 Å². The zero-order chi connectivity index (χ0) is 23.4. The fourth-order valence-electron chi connectivity index (χ4n) is 2.87. The first-order chi connectivity index (χ1) is 14.4. The van der Waals surface area contributed by atoms with Gasteiger partial charge in [0.2, 0.25) is 24.1 Å². The minimum absolute atomic E-state index is 0.0754. The van der Waals surface area contributed by atoms with Crippen LogP contribution in [0.5, 0.6) is 0 Å². The maximum Gasteiger partial charge on any atom is 0.455 e. The van der Waals surface area contributed by atoms with Gasteiger partial charge in [0.1, 0.15) is 6.42 Å². The first-order valence-corrected chi connectivity index (χ1v) is 8.94. The Kier molecular flexibility index (Phi) is 7.18. The highest BCUT2D eigenvalue weighted by atomic mass is 19.4. The minimum Gasteiger partial charge on any atom is -0.355 e. The zero-order valence-electron chi connectivity index (χ0n) is 16.2. The zero-order valence-corrected chi connectivity index (χ0v) is 16.2. The van der Waals surface area contributed by atoms with Crippen molar-refractivity contribution in [3.05, 3.63) is 24.3 Å². The van der Waals surface area contributed by atoms with Gasteiger partial charge in [0, 0.05) is 20.1 Å². The molecule has 1 aromatic carbocycles. The molecule has 1 heterocycles. The number of rotatable bonds is 7. The fourth-order valence-corrected chi connectivity index (χ4v) is 2.87. The van der Waals surface area contributed by atoms with Crippen molar-refractivity contribution in [2.45, 2.75) is 18.5 Å². The fraction of sp³-hybridized carbons (Fsp3) is 0.444. The quantitative estimate of drug-likeness (QED) is 0.369. The molecule has 4 amide bonds. The Morgan fingerprint density at radius 3 is 2.26 bits per heavy atom. The number of alkyl halides is 5. The highest BCUT2D eigenvalue weighted by molar-refractivity contribution is 6.02. The highest BCUT2D eigenvalue weighted by Gasteiger charge is 2.57. The number of hydrogen-bond donors (Lipinski definition) is 2. The van der Waals surface area contributed by atoms with Gasteiger partial charge in [-0.25, -0.2) is 0 Å². The van der Waals surface area contributed by atoms with Crippen molar-refractivity contribution in [1.29, 1.82) is 0 Å². The summed E-state index contributed by atoms with van der Waals surface area (Å²) in [6.45, 7) is -2.36. The molecule has 0 saturated carbocycles. The van der Waals surface area contributed by atoms with Crippen LogP contribution in [0.4, 0.5) is 33.3 Å². The lowest BCUT2D eigenvalue weighted by Gasteiger charge is -2.21. The number of fused-ring (bicyclic) bond motifs is 1. The van der Waals surface area contributed by atoms with Crippen molar-refractivity contribution in [3.8, 4) is 0 Å². The van der Waals surface area contributed by atoms with Gasteiger partial charge in [0.25, 0.3) is 0 Å². The van der Waals surface area contributed by atoms with E-state index < -0.39 is 48.7 Å². The number of carbonyl (C=O) groups excluding carboxylic acids is 4. The summed E-state index contributed by atoms with van der Waals surface area (Å²) in [5.74, 6) is -8.77. The standard InChI is InChI=1S/C18H19F5N4O4/c1-26-12-4-2-3-5-13(12)27(10-28)8-11(16(26)31)7-24-14(29)6-15(30)25-9-17(19,20)18(21,22)23/h2-5,10-11H,6-9H2,1H3,(H,24,29)(H,25,30)/t11-/m0/s1. The third-order valence-electron chi connectivity index (χ3n) is 4.57. The van der Waals surface area contributed by atoms with E-state index in [1.54, 1.807) is 24.3 Å². The number of anilines is 2. The molecule has 2 rings (SSSR count). The molecule has 0 radical (unpaired) electrons. The summed E-state index contributed by atoms with van der Waals surface area (Å²) >= 11 is 0. The van der Waals surface area contributed by atoms with Crippen molar-refractivity contribution in [1.82, 2.24) is 10.6 Å². The number of nitrogens with zero attached hydrogens (tertiary/aromatic N) is 2. The first kappa shape index (κ1) is 24.0. The molecule has 1 aromatic rings. The summed E-state index contributed by atoms with van der Waals surface area (Å²) in [4.78, 5) is 50.1. The molecular weight excluding hydrogens is 431 g/mol. The van der Waals surface area contributed by atoms with Gasteiger partial charge in [-0.3, -0.25) is 19.2 Å². The van der Waals surface area contributed by atoms with Crippen LogP contribution >= 0.6 is 0 Å². The molecule has 0 saturated heterocycles. The molecule has 0 aromatic heterocycles. The number of hydrogen-bond acceptors (Lipinski definition) is 4. The molecule has 31 heavy (non-hydrogen) atoms. The van der Waals surface area contributed by atoms with E-state index in [2.05, 4.69) is 5.32 Å². The molecule has 0 spiro atoms. The number of nitrogens with one attached hydrogen (secondary N) is 2. The van der Waals surface area contributed by atoms with E-state index in [1.807, 2.05) is 0 Å². The van der Waals surface area contributed by atoms with E-state index >= 15 is 0 Å². The van der Waals surface area contributed by atoms with Gasteiger partial charge in [0.05, 0.1) is 23.8 Å². The van der Waals surface area contributed by atoms with Crippen LogP contribution in [0.3, 0.4) is 0 Å². The van der Waals surface area contributed by atoms with E-state index in [0.29, 0.717) is 17.8 Å². The Morgan fingerprint density at radius 2 is 1.68 bits per heavy atom. The van der Waals surface area contributed by atoms with Crippen LogP contribution in [-0.2, 0) is 19.2 Å². The summed E-state index contributed by atoms with van der Waals surface area (Å²) in [6.07, 6.45) is -6.33. The Balaban J connectivity index is 1.93. The van der Waals surface area contributed by atoms with Gasteiger partial charge in [-0.15, -0.1) is 0 Å². The molecule has 8 nitrogen and oxygen atoms in total. The van der Waals surface area contributed by atoms with E-state index in [1.165, 1.54) is 22.2 Å². The smallest absolute Gasteiger partial charge is 0.355 e. The van der Waals surface area contributed by atoms with Gasteiger partial charge in [-0.2, -0.15) is 22.0 Å². The van der Waals surface area contributed by atoms with Crippen LogP contribution in [0.15, 0.2) is 24.3 Å². The molecule has 13 heteroatoms. The lowest BCUT2D eigenvalue weighted by molar-refractivity contribution is -0.278. The molecular formula is C18H19F5N4O4. The Bertz CT molecular complexity index is 847. The summed E-state index contributed by atoms with van der Waals surface area (Å²) in [7, 11) is 1.48. The summed E-state index contributed by atoms with van der Waals surface area (Å²) in [5, 5.41) is 3.61. The van der Waals surface area contributed by atoms with Crippen molar-refractivity contribution in [2.24, 2.45) is 5.92 Å². The Morgan fingerprint density at radius 1 is 1.10 bits per heavy atom. The lowest BCUT2D eigenvalue weighted by atomic mass is 10.1. The molecule has 0 fully saturated rings. The molecule has 0 bridgehead atoms. The maximum atomic E-state index is 12.8. The summed E-state index contributed by atoms with van der Waals surface area (Å²) < 4.78 is 61.9. The molecule has 2 N–H and O–H groups in total. The van der Waals surface area contributed by atoms with Crippen LogP contribution in [0.2, 0.25) is 0 Å². The van der Waals surface area contributed by atoms with Crippen molar-refractivity contribution >= 4 is 35.5 Å². The van der Waals surface area contributed by atoms with Gasteiger partial charge >= 0.3 is 12.1 Å². The molecule has 0 unspecified atom stereocenters. The molecule has 1 aliphatic rings. The summed E-state index contributed by atoms with van der Waals surface area (Å²) in [5.41, 5.74) is 0.950. The SMILES string of the molecule is CN1C(=O)[C@@H](CNC(=O)CC(=O)NCC(F)(F)C(F)(F)F)CN(C=O)c2ccccc21. The number of benzene rings is 1. The maximum absolute atomic E-state index is 12.8. The first-order valence-electron chi connectivity index (χ1n) is 8.94. The van der Waals surface area contributed by atoms with Gasteiger partial charge < -0.3 is 20.4 Å². The molecule has 0 aliphatic carbocycles. The van der Waals surface area contributed by atoms with Crippen molar-refractivity contribution in [3.63, 3.8) is 0 Å². The van der Waals surface area contributed by atoms with Crippen LogP contribution in [-0.4, -0.2) is 62.9 Å². The lowest BCUT2D eigenvalue weighted by Crippen LogP contribution is -2.48. The highest BCUT2D eigenvalue weighted by Crippen LogP contribution is 2.34. The largest absolute Gasteiger partial charge is 0.455 e. The average molecular weight is 450 g/mol. The van der Waals surface area contributed by atoms with Crippen LogP contribution in [0.1, 0.15) is 6.42 Å². The van der Waals surface area contributed by atoms with E-state index in [0.717, 1.165) is 0 Å². The summed E-state index contributed by atoms with van der Waals surface area (Å²) in [6, 6.07) is 6.62. The Hall–Kier alpha value is -3.25. The van der Waals surface area contributed by atoms with Crippen molar-refractivity contribution < 1.29 is 41.1 Å². The predicted molar refractivity (Wildman–Crippen MR) is 98.4 cm³/mol. The second-order valence-corrected chi connectivity index (χ2v) is 6.80. The normalized spacial score (nSPS) is 17.0. The monoisotopic (exact) mass is 450 g/mol.